The average molecular weight is 296 g/mol. The third kappa shape index (κ3) is 2.76. The van der Waals surface area contributed by atoms with Gasteiger partial charge in [0, 0.05) is 23.1 Å². The first kappa shape index (κ1) is 13.6. The minimum absolute atomic E-state index is 0.0994. The molecule has 0 bridgehead atoms. The Kier molecular flexibility index (Phi) is 3.62. The molecule has 1 heterocycles. The zero-order chi connectivity index (χ0) is 14.8. The van der Waals surface area contributed by atoms with Gasteiger partial charge in [-0.05, 0) is 54.1 Å². The van der Waals surface area contributed by atoms with Gasteiger partial charge in [0.05, 0.1) is 5.56 Å². The van der Waals surface area contributed by atoms with Crippen molar-refractivity contribution in [1.82, 2.24) is 0 Å². The predicted octanol–water partition coefficient (Wildman–Crippen LogP) is 4.50. The van der Waals surface area contributed by atoms with Crippen LogP contribution in [0.25, 0.3) is 10.1 Å². The minimum atomic E-state index is -0.0994. The van der Waals surface area contributed by atoms with E-state index in [1.54, 1.807) is 11.3 Å². The maximum absolute atomic E-state index is 12.5. The van der Waals surface area contributed by atoms with E-state index in [-0.39, 0.29) is 5.91 Å². The molecule has 0 atom stereocenters. The molecule has 4 heteroatoms. The van der Waals surface area contributed by atoms with Crippen molar-refractivity contribution in [2.45, 2.75) is 6.92 Å². The van der Waals surface area contributed by atoms with E-state index >= 15 is 0 Å². The minimum Gasteiger partial charge on any atom is -0.387 e. The maximum atomic E-state index is 12.5. The summed E-state index contributed by atoms with van der Waals surface area (Å²) in [6, 6.07) is 13.8. The average Bonchev–Trinajstić information content (AvgIpc) is 2.94. The van der Waals surface area contributed by atoms with E-state index in [4.69, 9.17) is 0 Å². The van der Waals surface area contributed by atoms with E-state index < -0.39 is 0 Å². The topological polar surface area (TPSA) is 41.1 Å². The lowest BCUT2D eigenvalue weighted by molar-refractivity contribution is 0.102. The molecule has 0 aliphatic carbocycles. The van der Waals surface area contributed by atoms with Gasteiger partial charge >= 0.3 is 0 Å². The number of hydrogen-bond donors (Lipinski definition) is 2. The predicted molar refractivity (Wildman–Crippen MR) is 90.5 cm³/mol. The van der Waals surface area contributed by atoms with Crippen molar-refractivity contribution in [3.8, 4) is 0 Å². The number of amides is 1. The molecule has 0 aliphatic heterocycles. The molecule has 1 amide bonds. The Hall–Kier alpha value is -2.33. The summed E-state index contributed by atoms with van der Waals surface area (Å²) in [6.45, 7) is 1.98. The van der Waals surface area contributed by atoms with Gasteiger partial charge < -0.3 is 10.6 Å². The van der Waals surface area contributed by atoms with Gasteiger partial charge in [-0.25, -0.2) is 0 Å². The molecule has 1 aromatic heterocycles. The van der Waals surface area contributed by atoms with Gasteiger partial charge in [-0.2, -0.15) is 0 Å². The molecule has 0 fully saturated rings. The maximum Gasteiger partial charge on any atom is 0.257 e. The van der Waals surface area contributed by atoms with Crippen LogP contribution in [0.3, 0.4) is 0 Å². The van der Waals surface area contributed by atoms with Crippen LogP contribution in [0.2, 0.25) is 0 Å². The molecular formula is C17H16N2OS. The molecule has 0 aliphatic rings. The molecule has 3 nitrogen and oxygen atoms in total. The number of carbonyl (C=O) groups excluding carboxylic acids is 1. The van der Waals surface area contributed by atoms with Crippen LogP contribution in [0.5, 0.6) is 0 Å². The van der Waals surface area contributed by atoms with Crippen molar-refractivity contribution < 1.29 is 4.79 Å². The fourth-order valence-electron chi connectivity index (χ4n) is 2.31. The third-order valence-corrected chi connectivity index (χ3v) is 4.30. The van der Waals surface area contributed by atoms with Crippen molar-refractivity contribution in [2.75, 3.05) is 17.7 Å². The molecule has 0 spiro atoms. The van der Waals surface area contributed by atoms with E-state index in [1.807, 2.05) is 50.4 Å². The van der Waals surface area contributed by atoms with E-state index in [9.17, 15) is 4.79 Å². The van der Waals surface area contributed by atoms with Crippen LogP contribution in [-0.4, -0.2) is 13.0 Å². The van der Waals surface area contributed by atoms with Crippen LogP contribution in [0, 0.1) is 6.92 Å². The van der Waals surface area contributed by atoms with Crippen molar-refractivity contribution in [3.63, 3.8) is 0 Å². The molecule has 106 valence electrons. The summed E-state index contributed by atoms with van der Waals surface area (Å²) >= 11 is 1.70. The highest BCUT2D eigenvalue weighted by Gasteiger charge is 2.11. The second kappa shape index (κ2) is 5.58. The van der Waals surface area contributed by atoms with Crippen LogP contribution in [0.4, 0.5) is 11.4 Å². The summed E-state index contributed by atoms with van der Waals surface area (Å²) < 4.78 is 1.22. The zero-order valence-corrected chi connectivity index (χ0v) is 12.8. The van der Waals surface area contributed by atoms with Gasteiger partial charge in [-0.3, -0.25) is 4.79 Å². The van der Waals surface area contributed by atoms with E-state index in [1.165, 1.54) is 4.70 Å². The number of fused-ring (bicyclic) bond motifs is 1. The second-order valence-electron chi connectivity index (χ2n) is 4.93. The van der Waals surface area contributed by atoms with Gasteiger partial charge in [0.25, 0.3) is 5.91 Å². The van der Waals surface area contributed by atoms with Crippen LogP contribution < -0.4 is 10.6 Å². The number of aryl methyl sites for hydroxylation is 1. The van der Waals surface area contributed by atoms with Crippen molar-refractivity contribution in [3.05, 3.63) is 59.0 Å². The molecular weight excluding hydrogens is 280 g/mol. The van der Waals surface area contributed by atoms with Crippen molar-refractivity contribution in [1.29, 1.82) is 0 Å². The normalized spacial score (nSPS) is 10.6. The number of hydrogen-bond acceptors (Lipinski definition) is 3. The molecule has 0 saturated heterocycles. The quantitative estimate of drug-likeness (QED) is 0.747. The number of carbonyl (C=O) groups is 1. The molecule has 3 aromatic rings. The summed E-state index contributed by atoms with van der Waals surface area (Å²) in [4.78, 5) is 12.5. The van der Waals surface area contributed by atoms with Crippen LogP contribution in [-0.2, 0) is 0 Å². The molecule has 0 unspecified atom stereocenters. The Bertz CT molecular complexity index is 807. The van der Waals surface area contributed by atoms with E-state index in [2.05, 4.69) is 22.1 Å². The number of nitrogens with one attached hydrogen (secondary N) is 2. The summed E-state index contributed by atoms with van der Waals surface area (Å²) in [5, 5.41) is 9.22. The number of thiophene rings is 1. The highest BCUT2D eigenvalue weighted by atomic mass is 32.1. The monoisotopic (exact) mass is 296 g/mol. The fourth-order valence-corrected chi connectivity index (χ4v) is 3.08. The number of benzene rings is 2. The Morgan fingerprint density at radius 2 is 1.95 bits per heavy atom. The largest absolute Gasteiger partial charge is 0.387 e. The van der Waals surface area contributed by atoms with Gasteiger partial charge in [-0.15, -0.1) is 11.3 Å². The lowest BCUT2D eigenvalue weighted by Gasteiger charge is -2.11. The first-order valence-corrected chi connectivity index (χ1v) is 7.62. The Labute approximate surface area is 127 Å². The van der Waals surface area contributed by atoms with Gasteiger partial charge in [-0.1, -0.05) is 11.6 Å². The first-order chi connectivity index (χ1) is 10.2. The molecule has 0 saturated carbocycles. The lowest BCUT2D eigenvalue weighted by Crippen LogP contribution is -2.14. The summed E-state index contributed by atoms with van der Waals surface area (Å²) in [5.41, 5.74) is 3.36. The third-order valence-electron chi connectivity index (χ3n) is 3.40. The van der Waals surface area contributed by atoms with Crippen molar-refractivity contribution >= 4 is 38.7 Å². The zero-order valence-electron chi connectivity index (χ0n) is 11.9. The first-order valence-electron chi connectivity index (χ1n) is 6.74. The smallest absolute Gasteiger partial charge is 0.257 e. The molecule has 21 heavy (non-hydrogen) atoms. The SMILES string of the molecule is CNc1ccc(C)cc1C(=O)Nc1ccc2sccc2c1. The van der Waals surface area contributed by atoms with Crippen LogP contribution in [0.1, 0.15) is 15.9 Å². The molecule has 2 N–H and O–H groups in total. The van der Waals surface area contributed by atoms with E-state index in [0.29, 0.717) is 5.56 Å². The standard InChI is InChI=1S/C17H16N2OS/c1-11-3-5-15(18-2)14(9-11)17(20)19-13-4-6-16-12(10-13)7-8-21-16/h3-10,18H,1-2H3,(H,19,20). The molecule has 2 aromatic carbocycles. The Morgan fingerprint density at radius 3 is 2.76 bits per heavy atom. The van der Waals surface area contributed by atoms with Crippen molar-refractivity contribution in [2.24, 2.45) is 0 Å². The van der Waals surface area contributed by atoms with Crippen LogP contribution >= 0.6 is 11.3 Å². The summed E-state index contributed by atoms with van der Waals surface area (Å²) in [7, 11) is 1.82. The Morgan fingerprint density at radius 1 is 1.10 bits per heavy atom. The van der Waals surface area contributed by atoms with Gasteiger partial charge in [0.15, 0.2) is 0 Å². The highest BCUT2D eigenvalue weighted by Crippen LogP contribution is 2.25. The number of rotatable bonds is 3. The van der Waals surface area contributed by atoms with Crippen LogP contribution in [0.15, 0.2) is 47.8 Å². The van der Waals surface area contributed by atoms with Gasteiger partial charge in [0.2, 0.25) is 0 Å². The highest BCUT2D eigenvalue weighted by molar-refractivity contribution is 7.17. The Balaban J connectivity index is 1.90. The fraction of sp³-hybridized carbons (Fsp3) is 0.118. The number of anilines is 2. The molecule has 0 radical (unpaired) electrons. The molecule has 3 rings (SSSR count). The summed E-state index contributed by atoms with van der Waals surface area (Å²) in [6.07, 6.45) is 0. The van der Waals surface area contributed by atoms with Gasteiger partial charge in [0.1, 0.15) is 0 Å². The lowest BCUT2D eigenvalue weighted by atomic mass is 10.1. The second-order valence-corrected chi connectivity index (χ2v) is 5.87. The van der Waals surface area contributed by atoms with E-state index in [0.717, 1.165) is 22.3 Å². The summed E-state index contributed by atoms with van der Waals surface area (Å²) in [5.74, 6) is -0.0994.